The van der Waals surface area contributed by atoms with Crippen LogP contribution in [-0.2, 0) is 11.3 Å². The van der Waals surface area contributed by atoms with E-state index in [4.69, 9.17) is 4.74 Å². The highest BCUT2D eigenvalue weighted by Gasteiger charge is 2.21. The van der Waals surface area contributed by atoms with Crippen LogP contribution in [0.2, 0.25) is 0 Å². The van der Waals surface area contributed by atoms with Gasteiger partial charge in [-0.1, -0.05) is 0 Å². The van der Waals surface area contributed by atoms with Gasteiger partial charge in [-0.15, -0.1) is 11.3 Å². The standard InChI is InChI=1S/C12H18BrNO2S/c13-12-4-3-11(17-12)6-14-5-10(15)8-16-7-9-1-2-9/h3-4,9-10,14-15H,1-2,5-8H2. The summed E-state index contributed by atoms with van der Waals surface area (Å²) < 4.78 is 6.57. The van der Waals surface area contributed by atoms with Gasteiger partial charge in [-0.05, 0) is 46.8 Å². The third-order valence-corrected chi connectivity index (χ3v) is 4.29. The van der Waals surface area contributed by atoms with E-state index >= 15 is 0 Å². The summed E-state index contributed by atoms with van der Waals surface area (Å²) in [6.07, 6.45) is 2.18. The molecule has 0 aliphatic heterocycles. The number of aliphatic hydroxyl groups excluding tert-OH is 1. The van der Waals surface area contributed by atoms with Crippen LogP contribution in [0.3, 0.4) is 0 Å². The fourth-order valence-corrected chi connectivity index (χ4v) is 2.98. The average Bonchev–Trinajstić information content (AvgIpc) is 3.02. The Labute approximate surface area is 114 Å². The first kappa shape index (κ1) is 13.5. The zero-order valence-electron chi connectivity index (χ0n) is 9.69. The summed E-state index contributed by atoms with van der Waals surface area (Å²) in [5, 5.41) is 12.9. The predicted molar refractivity (Wildman–Crippen MR) is 73.3 cm³/mol. The molecule has 2 N–H and O–H groups in total. The van der Waals surface area contributed by atoms with E-state index in [-0.39, 0.29) is 0 Å². The highest BCUT2D eigenvalue weighted by molar-refractivity contribution is 9.11. The molecule has 1 aliphatic carbocycles. The molecule has 0 aromatic carbocycles. The summed E-state index contributed by atoms with van der Waals surface area (Å²) in [6, 6.07) is 4.12. The van der Waals surface area contributed by atoms with E-state index in [0.29, 0.717) is 13.2 Å². The minimum absolute atomic E-state index is 0.405. The number of rotatable bonds is 8. The molecule has 0 radical (unpaired) electrons. The van der Waals surface area contributed by atoms with Crippen LogP contribution in [0.25, 0.3) is 0 Å². The van der Waals surface area contributed by atoms with Crippen LogP contribution in [0.1, 0.15) is 17.7 Å². The Hall–Kier alpha value is 0.0600. The van der Waals surface area contributed by atoms with Gasteiger partial charge in [0, 0.05) is 24.6 Å². The second kappa shape index (κ2) is 6.85. The Morgan fingerprint density at radius 1 is 1.53 bits per heavy atom. The summed E-state index contributed by atoms with van der Waals surface area (Å²) in [6.45, 7) is 2.64. The SMILES string of the molecule is OC(CNCc1ccc(Br)s1)COCC1CC1. The molecule has 1 aliphatic rings. The molecule has 1 unspecified atom stereocenters. The van der Waals surface area contributed by atoms with Gasteiger partial charge in [-0.2, -0.15) is 0 Å². The van der Waals surface area contributed by atoms with Gasteiger partial charge in [-0.25, -0.2) is 0 Å². The molecule has 5 heteroatoms. The molecule has 0 saturated heterocycles. The van der Waals surface area contributed by atoms with Crippen molar-refractivity contribution in [3.8, 4) is 0 Å². The highest BCUT2D eigenvalue weighted by Crippen LogP contribution is 2.28. The van der Waals surface area contributed by atoms with Crippen molar-refractivity contribution in [1.82, 2.24) is 5.32 Å². The van der Waals surface area contributed by atoms with Gasteiger partial charge in [0.05, 0.1) is 16.5 Å². The summed E-state index contributed by atoms with van der Waals surface area (Å²) in [5.74, 6) is 0.763. The minimum atomic E-state index is -0.405. The molecule has 0 spiro atoms. The van der Waals surface area contributed by atoms with Crippen LogP contribution >= 0.6 is 27.3 Å². The molecule has 2 rings (SSSR count). The Morgan fingerprint density at radius 2 is 2.35 bits per heavy atom. The average molecular weight is 320 g/mol. The van der Waals surface area contributed by atoms with Crippen LogP contribution in [0, 0.1) is 5.92 Å². The summed E-state index contributed by atoms with van der Waals surface area (Å²) >= 11 is 5.14. The van der Waals surface area contributed by atoms with Crippen LogP contribution in [0.4, 0.5) is 0 Å². The molecule has 0 bridgehead atoms. The van der Waals surface area contributed by atoms with E-state index in [0.717, 1.165) is 22.9 Å². The molecule has 1 heterocycles. The van der Waals surface area contributed by atoms with Crippen molar-refractivity contribution in [1.29, 1.82) is 0 Å². The molecule has 0 amide bonds. The van der Waals surface area contributed by atoms with Crippen LogP contribution in [0.15, 0.2) is 15.9 Å². The minimum Gasteiger partial charge on any atom is -0.389 e. The molecule has 1 aromatic rings. The topological polar surface area (TPSA) is 41.5 Å². The maximum Gasteiger partial charge on any atom is 0.0897 e. The van der Waals surface area contributed by atoms with Gasteiger partial charge in [0.25, 0.3) is 0 Å². The lowest BCUT2D eigenvalue weighted by Gasteiger charge is -2.11. The Balaban J connectivity index is 1.51. The molecular formula is C12H18BrNO2S. The van der Waals surface area contributed by atoms with E-state index in [9.17, 15) is 5.11 Å². The second-order valence-electron chi connectivity index (χ2n) is 4.47. The molecule has 1 fully saturated rings. The molecule has 17 heavy (non-hydrogen) atoms. The lowest BCUT2D eigenvalue weighted by Crippen LogP contribution is -2.30. The fraction of sp³-hybridized carbons (Fsp3) is 0.667. The largest absolute Gasteiger partial charge is 0.389 e. The van der Waals surface area contributed by atoms with Crippen LogP contribution in [0.5, 0.6) is 0 Å². The van der Waals surface area contributed by atoms with Crippen LogP contribution < -0.4 is 5.32 Å². The molecule has 3 nitrogen and oxygen atoms in total. The first-order valence-electron chi connectivity index (χ1n) is 5.95. The van der Waals surface area contributed by atoms with Gasteiger partial charge in [-0.3, -0.25) is 0 Å². The fourth-order valence-electron chi connectivity index (χ4n) is 1.52. The van der Waals surface area contributed by atoms with Crippen molar-refractivity contribution in [2.75, 3.05) is 19.8 Å². The van der Waals surface area contributed by atoms with E-state index < -0.39 is 6.10 Å². The third-order valence-electron chi connectivity index (χ3n) is 2.67. The van der Waals surface area contributed by atoms with Gasteiger partial charge < -0.3 is 15.2 Å². The molecule has 1 atom stereocenters. The number of aliphatic hydroxyl groups is 1. The zero-order chi connectivity index (χ0) is 12.1. The van der Waals surface area contributed by atoms with Crippen molar-refractivity contribution in [2.24, 2.45) is 5.92 Å². The lowest BCUT2D eigenvalue weighted by atomic mass is 10.3. The maximum absolute atomic E-state index is 9.67. The lowest BCUT2D eigenvalue weighted by molar-refractivity contribution is 0.0324. The summed E-state index contributed by atoms with van der Waals surface area (Å²) in [4.78, 5) is 1.27. The molecule has 1 aromatic heterocycles. The number of nitrogens with one attached hydrogen (secondary N) is 1. The Kier molecular flexibility index (Phi) is 5.44. The number of thiophene rings is 1. The monoisotopic (exact) mass is 319 g/mol. The van der Waals surface area contributed by atoms with E-state index in [2.05, 4.69) is 27.3 Å². The number of hydrogen-bond acceptors (Lipinski definition) is 4. The molecular weight excluding hydrogens is 302 g/mol. The summed E-state index contributed by atoms with van der Waals surface area (Å²) in [5.41, 5.74) is 0. The Morgan fingerprint density at radius 3 is 3.00 bits per heavy atom. The second-order valence-corrected chi connectivity index (χ2v) is 7.02. The van der Waals surface area contributed by atoms with E-state index in [1.54, 1.807) is 11.3 Å². The smallest absolute Gasteiger partial charge is 0.0897 e. The van der Waals surface area contributed by atoms with Crippen LogP contribution in [-0.4, -0.2) is 31.0 Å². The van der Waals surface area contributed by atoms with Gasteiger partial charge >= 0.3 is 0 Å². The van der Waals surface area contributed by atoms with Crippen molar-refractivity contribution in [3.63, 3.8) is 0 Å². The van der Waals surface area contributed by atoms with Crippen molar-refractivity contribution >= 4 is 27.3 Å². The van der Waals surface area contributed by atoms with Crippen molar-refractivity contribution in [3.05, 3.63) is 20.8 Å². The number of halogens is 1. The van der Waals surface area contributed by atoms with Crippen molar-refractivity contribution < 1.29 is 9.84 Å². The first-order valence-corrected chi connectivity index (χ1v) is 7.55. The number of hydrogen-bond donors (Lipinski definition) is 2. The highest BCUT2D eigenvalue weighted by atomic mass is 79.9. The van der Waals surface area contributed by atoms with Gasteiger partial charge in [0.15, 0.2) is 0 Å². The zero-order valence-corrected chi connectivity index (χ0v) is 12.1. The van der Waals surface area contributed by atoms with E-state index in [1.165, 1.54) is 17.7 Å². The Bertz CT molecular complexity index is 341. The molecule has 1 saturated carbocycles. The van der Waals surface area contributed by atoms with E-state index in [1.807, 2.05) is 6.07 Å². The normalized spacial score (nSPS) is 17.3. The summed E-state index contributed by atoms with van der Waals surface area (Å²) in [7, 11) is 0. The first-order chi connectivity index (χ1) is 8.24. The maximum atomic E-state index is 9.67. The third kappa shape index (κ3) is 5.48. The number of ether oxygens (including phenoxy) is 1. The quantitative estimate of drug-likeness (QED) is 0.773. The molecule has 96 valence electrons. The van der Waals surface area contributed by atoms with Crippen molar-refractivity contribution in [2.45, 2.75) is 25.5 Å². The predicted octanol–water partition coefficient (Wildman–Crippen LogP) is 2.39. The van der Waals surface area contributed by atoms with Gasteiger partial charge in [0.1, 0.15) is 0 Å². The van der Waals surface area contributed by atoms with Gasteiger partial charge in [0.2, 0.25) is 0 Å².